The van der Waals surface area contributed by atoms with Gasteiger partial charge in [0.1, 0.15) is 0 Å². The van der Waals surface area contributed by atoms with Crippen LogP contribution in [0.5, 0.6) is 0 Å². The lowest BCUT2D eigenvalue weighted by Crippen LogP contribution is -2.37. The van der Waals surface area contributed by atoms with Crippen molar-refractivity contribution in [3.63, 3.8) is 0 Å². The molecule has 0 aromatic heterocycles. The fourth-order valence-electron chi connectivity index (χ4n) is 2.71. The maximum Gasteiger partial charge on any atom is 0.339 e. The minimum atomic E-state index is -0.680. The number of fused-ring (bicyclic) bond motifs is 1. The molecule has 1 aromatic rings. The first kappa shape index (κ1) is 15.0. The average Bonchev–Trinajstić information content (AvgIpc) is 2.40. The van der Waals surface area contributed by atoms with Crippen molar-refractivity contribution in [2.45, 2.75) is 38.7 Å². The smallest absolute Gasteiger partial charge is 0.339 e. The molecule has 0 radical (unpaired) electrons. The Morgan fingerprint density at radius 2 is 2.25 bits per heavy atom. The summed E-state index contributed by atoms with van der Waals surface area (Å²) in [5.74, 6) is -0.352. The normalized spacial score (nSPS) is 20.3. The Bertz CT molecular complexity index is 493. The van der Waals surface area contributed by atoms with Crippen molar-refractivity contribution in [1.82, 2.24) is 0 Å². The van der Waals surface area contributed by atoms with E-state index < -0.39 is 6.10 Å². The molecule has 20 heavy (non-hydrogen) atoms. The van der Waals surface area contributed by atoms with E-state index in [2.05, 4.69) is 13.8 Å². The van der Waals surface area contributed by atoms with Crippen LogP contribution in [0.15, 0.2) is 18.2 Å². The number of hydrogen-bond acceptors (Lipinski definition) is 4. The van der Waals surface area contributed by atoms with E-state index in [1.807, 2.05) is 18.2 Å². The highest BCUT2D eigenvalue weighted by Gasteiger charge is 2.38. The average molecular weight is 278 g/mol. The first-order valence-electron chi connectivity index (χ1n) is 7.02. The second-order valence-corrected chi connectivity index (χ2v) is 5.68. The molecule has 0 fully saturated rings. The van der Waals surface area contributed by atoms with Crippen molar-refractivity contribution in [1.29, 1.82) is 0 Å². The van der Waals surface area contributed by atoms with E-state index in [0.29, 0.717) is 19.6 Å². The first-order chi connectivity index (χ1) is 9.51. The highest BCUT2D eigenvalue weighted by Crippen LogP contribution is 2.40. The maximum atomic E-state index is 12.1. The van der Waals surface area contributed by atoms with Crippen LogP contribution in [-0.4, -0.2) is 30.9 Å². The number of carbonyl (C=O) groups is 1. The predicted molar refractivity (Wildman–Crippen MR) is 75.6 cm³/mol. The van der Waals surface area contributed by atoms with Gasteiger partial charge in [0.15, 0.2) is 6.10 Å². The fraction of sp³-hybridized carbons (Fsp3) is 0.562. The zero-order chi connectivity index (χ0) is 14.8. The zero-order valence-corrected chi connectivity index (χ0v) is 12.3. The summed E-state index contributed by atoms with van der Waals surface area (Å²) in [7, 11) is 0. The Hall–Kier alpha value is -1.39. The Labute approximate surface area is 119 Å². The standard InChI is InChI=1S/C16H22O4/c1-4-19-15(18)14-13-11(8-9-17)6-5-7-12(13)16(2,3)10-20-14/h5-7,14,17H,4,8-10H2,1-3H3. The lowest BCUT2D eigenvalue weighted by molar-refractivity contribution is -0.159. The molecule has 0 spiro atoms. The van der Waals surface area contributed by atoms with Crippen molar-refractivity contribution in [3.05, 3.63) is 34.9 Å². The third-order valence-electron chi connectivity index (χ3n) is 3.68. The molecule has 1 unspecified atom stereocenters. The Morgan fingerprint density at radius 1 is 1.50 bits per heavy atom. The van der Waals surface area contributed by atoms with Crippen LogP contribution in [0.1, 0.15) is 43.6 Å². The molecular weight excluding hydrogens is 256 g/mol. The SMILES string of the molecule is CCOC(=O)C1OCC(C)(C)c2cccc(CCO)c21. The molecule has 0 aliphatic carbocycles. The summed E-state index contributed by atoms with van der Waals surface area (Å²) in [5.41, 5.74) is 2.78. The molecule has 0 saturated heterocycles. The molecule has 4 heteroatoms. The van der Waals surface area contributed by atoms with Gasteiger partial charge in [-0.25, -0.2) is 4.79 Å². The summed E-state index contributed by atoms with van der Waals surface area (Å²) < 4.78 is 10.9. The van der Waals surface area contributed by atoms with E-state index in [1.165, 1.54) is 0 Å². The highest BCUT2D eigenvalue weighted by molar-refractivity contribution is 5.78. The molecular formula is C16H22O4. The van der Waals surface area contributed by atoms with Crippen molar-refractivity contribution >= 4 is 5.97 Å². The van der Waals surface area contributed by atoms with Gasteiger partial charge >= 0.3 is 5.97 Å². The molecule has 110 valence electrons. The van der Waals surface area contributed by atoms with E-state index >= 15 is 0 Å². The van der Waals surface area contributed by atoms with E-state index in [0.717, 1.165) is 16.7 Å². The van der Waals surface area contributed by atoms with Crippen LogP contribution >= 0.6 is 0 Å². The third-order valence-corrected chi connectivity index (χ3v) is 3.68. The molecule has 1 aromatic carbocycles. The van der Waals surface area contributed by atoms with Gasteiger partial charge in [-0.1, -0.05) is 32.0 Å². The molecule has 0 bridgehead atoms. The van der Waals surface area contributed by atoms with Gasteiger partial charge in [-0.15, -0.1) is 0 Å². The van der Waals surface area contributed by atoms with Crippen LogP contribution in [0.2, 0.25) is 0 Å². The molecule has 1 aliphatic rings. The van der Waals surface area contributed by atoms with Gasteiger partial charge in [0, 0.05) is 12.0 Å². The number of aliphatic hydroxyl groups excluding tert-OH is 1. The summed E-state index contributed by atoms with van der Waals surface area (Å²) in [6.07, 6.45) is -0.167. The fourth-order valence-corrected chi connectivity index (χ4v) is 2.71. The summed E-state index contributed by atoms with van der Waals surface area (Å²) in [4.78, 5) is 12.1. The number of benzene rings is 1. The van der Waals surface area contributed by atoms with Gasteiger partial charge in [0.2, 0.25) is 0 Å². The molecule has 0 saturated carbocycles. The van der Waals surface area contributed by atoms with E-state index in [-0.39, 0.29) is 18.0 Å². The van der Waals surface area contributed by atoms with E-state index in [1.54, 1.807) is 6.92 Å². The second-order valence-electron chi connectivity index (χ2n) is 5.68. The number of ether oxygens (including phenoxy) is 2. The number of hydrogen-bond donors (Lipinski definition) is 1. The van der Waals surface area contributed by atoms with Crippen molar-refractivity contribution < 1.29 is 19.4 Å². The highest BCUT2D eigenvalue weighted by atomic mass is 16.6. The Morgan fingerprint density at radius 3 is 2.90 bits per heavy atom. The van der Waals surface area contributed by atoms with Gasteiger partial charge in [-0.05, 0) is 30.0 Å². The summed E-state index contributed by atoms with van der Waals surface area (Å²) >= 11 is 0. The van der Waals surface area contributed by atoms with Crippen LogP contribution in [0.25, 0.3) is 0 Å². The summed E-state index contributed by atoms with van der Waals surface area (Å²) in [6, 6.07) is 5.94. The largest absolute Gasteiger partial charge is 0.464 e. The number of carbonyl (C=O) groups excluding carboxylic acids is 1. The Balaban J connectivity index is 2.50. The third kappa shape index (κ3) is 2.72. The monoisotopic (exact) mass is 278 g/mol. The molecule has 4 nitrogen and oxygen atoms in total. The molecule has 1 N–H and O–H groups in total. The molecule has 0 amide bonds. The van der Waals surface area contributed by atoms with Gasteiger partial charge in [0.25, 0.3) is 0 Å². The van der Waals surface area contributed by atoms with Crippen LogP contribution in [0.3, 0.4) is 0 Å². The summed E-state index contributed by atoms with van der Waals surface area (Å²) in [6.45, 7) is 6.83. The van der Waals surface area contributed by atoms with Crippen molar-refractivity contribution in [2.24, 2.45) is 0 Å². The van der Waals surface area contributed by atoms with Crippen LogP contribution in [-0.2, 0) is 26.1 Å². The van der Waals surface area contributed by atoms with Crippen LogP contribution in [0, 0.1) is 0 Å². The van der Waals surface area contributed by atoms with Gasteiger partial charge in [0.05, 0.1) is 13.2 Å². The number of esters is 1. The molecule has 2 rings (SSSR count). The minimum absolute atomic E-state index is 0.0480. The second kappa shape index (κ2) is 5.94. The molecule has 1 aliphatic heterocycles. The molecule has 1 heterocycles. The van der Waals surface area contributed by atoms with E-state index in [4.69, 9.17) is 9.47 Å². The van der Waals surface area contributed by atoms with Gasteiger partial charge in [-0.3, -0.25) is 0 Å². The maximum absolute atomic E-state index is 12.1. The van der Waals surface area contributed by atoms with Gasteiger partial charge in [-0.2, -0.15) is 0 Å². The zero-order valence-electron chi connectivity index (χ0n) is 12.3. The quantitative estimate of drug-likeness (QED) is 0.857. The Kier molecular flexibility index (Phi) is 4.45. The van der Waals surface area contributed by atoms with Crippen LogP contribution in [0.4, 0.5) is 0 Å². The van der Waals surface area contributed by atoms with Gasteiger partial charge < -0.3 is 14.6 Å². The molecule has 1 atom stereocenters. The minimum Gasteiger partial charge on any atom is -0.464 e. The lowest BCUT2D eigenvalue weighted by atomic mass is 9.77. The topological polar surface area (TPSA) is 55.8 Å². The van der Waals surface area contributed by atoms with Crippen molar-refractivity contribution in [2.75, 3.05) is 19.8 Å². The first-order valence-corrected chi connectivity index (χ1v) is 7.02. The van der Waals surface area contributed by atoms with Crippen molar-refractivity contribution in [3.8, 4) is 0 Å². The van der Waals surface area contributed by atoms with Crippen LogP contribution < -0.4 is 0 Å². The summed E-state index contributed by atoms with van der Waals surface area (Å²) in [5, 5.41) is 9.22. The van der Waals surface area contributed by atoms with E-state index in [9.17, 15) is 9.90 Å². The number of aliphatic hydroxyl groups is 1. The number of rotatable bonds is 4. The lowest BCUT2D eigenvalue weighted by Gasteiger charge is -2.37. The predicted octanol–water partition coefficient (Wildman–Crippen LogP) is 2.13.